The predicted molar refractivity (Wildman–Crippen MR) is 124 cm³/mol. The second kappa shape index (κ2) is 9.37. The normalized spacial score (nSPS) is 10.5. The largest absolute Gasteiger partial charge is 0.497 e. The van der Waals surface area contributed by atoms with Crippen molar-refractivity contribution < 1.29 is 9.53 Å². The van der Waals surface area contributed by atoms with E-state index in [0.29, 0.717) is 38.7 Å². The number of carbonyl (C=O) groups excluding carboxylic acids is 1. The molecule has 0 radical (unpaired) electrons. The van der Waals surface area contributed by atoms with Crippen molar-refractivity contribution in [2.45, 2.75) is 5.16 Å². The summed E-state index contributed by atoms with van der Waals surface area (Å²) in [7, 11) is 1.56. The number of aromatic nitrogens is 2. The summed E-state index contributed by atoms with van der Waals surface area (Å²) in [5.74, 6) is 0.408. The van der Waals surface area contributed by atoms with E-state index in [-0.39, 0.29) is 17.2 Å². The molecule has 1 amide bonds. The SMILES string of the molecule is COc1cccc(-n2c(SCC(=O)Nc3ccc(C#N)cc3)nc3ccccc3c2=O)c1. The van der Waals surface area contributed by atoms with Crippen LogP contribution in [0.2, 0.25) is 0 Å². The van der Waals surface area contributed by atoms with Gasteiger partial charge in [0.15, 0.2) is 5.16 Å². The first-order valence-electron chi connectivity index (χ1n) is 9.68. The van der Waals surface area contributed by atoms with E-state index in [0.717, 1.165) is 0 Å². The zero-order valence-electron chi connectivity index (χ0n) is 17.1. The van der Waals surface area contributed by atoms with Gasteiger partial charge in [-0.1, -0.05) is 30.0 Å². The summed E-state index contributed by atoms with van der Waals surface area (Å²) in [5, 5.41) is 12.6. The third-order valence-electron chi connectivity index (χ3n) is 4.69. The van der Waals surface area contributed by atoms with Gasteiger partial charge in [-0.25, -0.2) is 4.98 Å². The highest BCUT2D eigenvalue weighted by atomic mass is 32.2. The van der Waals surface area contributed by atoms with E-state index in [4.69, 9.17) is 10.00 Å². The molecule has 0 atom stereocenters. The van der Waals surface area contributed by atoms with Gasteiger partial charge in [0.05, 0.1) is 41.1 Å². The van der Waals surface area contributed by atoms with E-state index in [1.165, 1.54) is 16.3 Å². The van der Waals surface area contributed by atoms with Crippen LogP contribution in [0.15, 0.2) is 82.7 Å². The summed E-state index contributed by atoms with van der Waals surface area (Å²) in [4.78, 5) is 30.4. The number of benzene rings is 3. The highest BCUT2D eigenvalue weighted by Crippen LogP contribution is 2.24. The first kappa shape index (κ1) is 21.2. The Bertz CT molecular complexity index is 1390. The van der Waals surface area contributed by atoms with Gasteiger partial charge < -0.3 is 10.1 Å². The van der Waals surface area contributed by atoms with Crippen molar-refractivity contribution in [3.8, 4) is 17.5 Å². The van der Waals surface area contributed by atoms with Gasteiger partial charge in [0, 0.05) is 11.8 Å². The van der Waals surface area contributed by atoms with E-state index in [1.807, 2.05) is 12.1 Å². The van der Waals surface area contributed by atoms with Gasteiger partial charge in [0.1, 0.15) is 5.75 Å². The van der Waals surface area contributed by atoms with Crippen LogP contribution in [0.3, 0.4) is 0 Å². The lowest BCUT2D eigenvalue weighted by atomic mass is 10.2. The molecule has 0 spiro atoms. The van der Waals surface area contributed by atoms with E-state index in [2.05, 4.69) is 10.3 Å². The molecule has 0 aliphatic heterocycles. The molecule has 1 aromatic heterocycles. The number of amides is 1. The molecule has 1 N–H and O–H groups in total. The number of methoxy groups -OCH3 is 1. The molecule has 0 unspecified atom stereocenters. The minimum absolute atomic E-state index is 0.0503. The Morgan fingerprint density at radius 3 is 2.66 bits per heavy atom. The van der Waals surface area contributed by atoms with Crippen LogP contribution < -0.4 is 15.6 Å². The maximum atomic E-state index is 13.3. The zero-order valence-corrected chi connectivity index (χ0v) is 17.9. The number of nitrogens with zero attached hydrogens (tertiary/aromatic N) is 3. The number of hydrogen-bond donors (Lipinski definition) is 1. The van der Waals surface area contributed by atoms with Crippen LogP contribution >= 0.6 is 11.8 Å². The average molecular weight is 443 g/mol. The molecule has 7 nitrogen and oxygen atoms in total. The van der Waals surface area contributed by atoms with Crippen molar-refractivity contribution >= 4 is 34.3 Å². The predicted octanol–water partition coefficient (Wildman–Crippen LogP) is 4.00. The third-order valence-corrected chi connectivity index (χ3v) is 5.63. The van der Waals surface area contributed by atoms with Crippen LogP contribution in [0.1, 0.15) is 5.56 Å². The summed E-state index contributed by atoms with van der Waals surface area (Å²) >= 11 is 1.17. The van der Waals surface area contributed by atoms with Crippen molar-refractivity contribution in [3.63, 3.8) is 0 Å². The molecule has 4 aromatic rings. The number of thioether (sulfide) groups is 1. The van der Waals surface area contributed by atoms with Crippen molar-refractivity contribution in [1.29, 1.82) is 5.26 Å². The van der Waals surface area contributed by atoms with E-state index < -0.39 is 0 Å². The molecule has 4 rings (SSSR count). The first-order chi connectivity index (χ1) is 15.6. The fourth-order valence-electron chi connectivity index (χ4n) is 3.14. The molecule has 0 fully saturated rings. The number of nitriles is 1. The number of nitrogens with one attached hydrogen (secondary N) is 1. The van der Waals surface area contributed by atoms with Gasteiger partial charge in [0.2, 0.25) is 5.91 Å². The van der Waals surface area contributed by atoms with Crippen LogP contribution in [0.5, 0.6) is 5.75 Å². The Morgan fingerprint density at radius 2 is 1.91 bits per heavy atom. The number of para-hydroxylation sites is 1. The molecule has 1 heterocycles. The van der Waals surface area contributed by atoms with E-state index >= 15 is 0 Å². The lowest BCUT2D eigenvalue weighted by Gasteiger charge is -2.14. The molecule has 32 heavy (non-hydrogen) atoms. The Kier molecular flexibility index (Phi) is 6.19. The standard InChI is InChI=1S/C24H18N4O3S/c1-31-19-6-4-5-18(13-19)28-23(30)20-7-2-3-8-21(20)27-24(28)32-15-22(29)26-17-11-9-16(14-25)10-12-17/h2-13H,15H2,1H3,(H,26,29). The quantitative estimate of drug-likeness (QED) is 0.358. The van der Waals surface area contributed by atoms with Gasteiger partial charge in [-0.15, -0.1) is 0 Å². The second-order valence-corrected chi connectivity index (χ2v) is 7.72. The third kappa shape index (κ3) is 4.48. The van der Waals surface area contributed by atoms with Crippen molar-refractivity contribution in [2.75, 3.05) is 18.2 Å². The Balaban J connectivity index is 1.65. The summed E-state index contributed by atoms with van der Waals surface area (Å²) < 4.78 is 6.79. The molecule has 0 bridgehead atoms. The molecular formula is C24H18N4O3S. The number of carbonyl (C=O) groups is 1. The van der Waals surface area contributed by atoms with Crippen LogP contribution in [0, 0.1) is 11.3 Å². The zero-order chi connectivity index (χ0) is 22.5. The number of ether oxygens (including phenoxy) is 1. The van der Waals surface area contributed by atoms with Gasteiger partial charge in [0.25, 0.3) is 5.56 Å². The summed E-state index contributed by atoms with van der Waals surface area (Å²) in [6, 6.07) is 22.9. The highest BCUT2D eigenvalue weighted by molar-refractivity contribution is 7.99. The molecule has 0 saturated carbocycles. The maximum absolute atomic E-state index is 13.3. The van der Waals surface area contributed by atoms with Crippen molar-refractivity contribution in [2.24, 2.45) is 0 Å². The van der Waals surface area contributed by atoms with Gasteiger partial charge in [-0.2, -0.15) is 5.26 Å². The number of fused-ring (bicyclic) bond motifs is 1. The van der Waals surface area contributed by atoms with Gasteiger partial charge >= 0.3 is 0 Å². The monoisotopic (exact) mass is 442 g/mol. The van der Waals surface area contributed by atoms with Crippen molar-refractivity contribution in [3.05, 3.63) is 88.7 Å². The number of hydrogen-bond acceptors (Lipinski definition) is 6. The maximum Gasteiger partial charge on any atom is 0.266 e. The molecular weight excluding hydrogens is 424 g/mol. The topological polar surface area (TPSA) is 97.0 Å². The summed E-state index contributed by atoms with van der Waals surface area (Å²) in [6.45, 7) is 0. The lowest BCUT2D eigenvalue weighted by Crippen LogP contribution is -2.23. The minimum atomic E-state index is -0.251. The number of anilines is 1. The van der Waals surface area contributed by atoms with E-state index in [1.54, 1.807) is 73.8 Å². The average Bonchev–Trinajstić information content (AvgIpc) is 2.83. The molecule has 0 aliphatic rings. The second-order valence-electron chi connectivity index (χ2n) is 6.78. The van der Waals surface area contributed by atoms with Gasteiger partial charge in [-0.3, -0.25) is 14.2 Å². The first-order valence-corrected chi connectivity index (χ1v) is 10.7. The molecule has 158 valence electrons. The van der Waals surface area contributed by atoms with Crippen LogP contribution in [-0.2, 0) is 4.79 Å². The molecule has 0 saturated heterocycles. The summed E-state index contributed by atoms with van der Waals surface area (Å²) in [5.41, 5.74) is 2.04. The van der Waals surface area contributed by atoms with Crippen LogP contribution in [-0.4, -0.2) is 28.3 Å². The van der Waals surface area contributed by atoms with E-state index in [9.17, 15) is 9.59 Å². The fourth-order valence-corrected chi connectivity index (χ4v) is 3.95. The fraction of sp³-hybridized carbons (Fsp3) is 0.0833. The Morgan fingerprint density at radius 1 is 1.12 bits per heavy atom. The summed E-state index contributed by atoms with van der Waals surface area (Å²) in [6.07, 6.45) is 0. The number of rotatable bonds is 6. The lowest BCUT2D eigenvalue weighted by molar-refractivity contribution is -0.113. The smallest absolute Gasteiger partial charge is 0.266 e. The van der Waals surface area contributed by atoms with Crippen molar-refractivity contribution in [1.82, 2.24) is 9.55 Å². The van der Waals surface area contributed by atoms with Crippen LogP contribution in [0.4, 0.5) is 5.69 Å². The molecule has 3 aromatic carbocycles. The Labute approximate surface area is 188 Å². The Hall–Kier alpha value is -4.09. The van der Waals surface area contributed by atoms with Crippen LogP contribution in [0.25, 0.3) is 16.6 Å². The minimum Gasteiger partial charge on any atom is -0.497 e. The molecule has 0 aliphatic carbocycles. The molecule has 8 heteroatoms. The highest BCUT2D eigenvalue weighted by Gasteiger charge is 2.15. The van der Waals surface area contributed by atoms with Gasteiger partial charge in [-0.05, 0) is 48.5 Å².